The molecule has 3 N–H and O–H groups in total. The van der Waals surface area contributed by atoms with Crippen molar-refractivity contribution in [1.29, 1.82) is 0 Å². The monoisotopic (exact) mass is 388 g/mol. The molecule has 0 spiro atoms. The first kappa shape index (κ1) is 19.2. The molecule has 2 heterocycles. The van der Waals surface area contributed by atoms with Crippen LogP contribution < -0.4 is 20.7 Å². The Bertz CT molecular complexity index is 800. The fourth-order valence-electron chi connectivity index (χ4n) is 3.11. The summed E-state index contributed by atoms with van der Waals surface area (Å²) in [5.41, 5.74) is 6.76. The molecule has 7 nitrogen and oxygen atoms in total. The lowest BCUT2D eigenvalue weighted by Gasteiger charge is -2.36. The number of ether oxygens (including phenoxy) is 1. The molecule has 1 saturated heterocycles. The minimum Gasteiger partial charge on any atom is -0.492 e. The zero-order chi connectivity index (χ0) is 19.2. The normalized spacial score (nSPS) is 14.8. The maximum atomic E-state index is 12.3. The molecule has 1 aliphatic rings. The van der Waals surface area contributed by atoms with Gasteiger partial charge in [-0.15, -0.1) is 11.3 Å². The summed E-state index contributed by atoms with van der Waals surface area (Å²) < 4.78 is 5.71. The van der Waals surface area contributed by atoms with E-state index < -0.39 is 5.91 Å². The average Bonchev–Trinajstić information content (AvgIpc) is 3.11. The van der Waals surface area contributed by atoms with Crippen LogP contribution >= 0.6 is 11.3 Å². The van der Waals surface area contributed by atoms with Crippen molar-refractivity contribution in [2.24, 2.45) is 5.73 Å². The van der Waals surface area contributed by atoms with E-state index in [0.29, 0.717) is 17.2 Å². The van der Waals surface area contributed by atoms with E-state index >= 15 is 0 Å². The third-order valence-electron chi connectivity index (χ3n) is 4.43. The molecule has 2 amide bonds. The lowest BCUT2D eigenvalue weighted by atomic mass is 10.2. The Morgan fingerprint density at radius 1 is 1.19 bits per heavy atom. The van der Waals surface area contributed by atoms with Crippen LogP contribution in [-0.4, -0.2) is 56.0 Å². The first-order chi connectivity index (χ1) is 13.1. The van der Waals surface area contributed by atoms with E-state index in [-0.39, 0.29) is 12.5 Å². The van der Waals surface area contributed by atoms with Crippen LogP contribution in [0.3, 0.4) is 0 Å². The Balaban J connectivity index is 1.53. The lowest BCUT2D eigenvalue weighted by Crippen LogP contribution is -2.48. The van der Waals surface area contributed by atoms with Crippen molar-refractivity contribution in [2.45, 2.75) is 6.92 Å². The van der Waals surface area contributed by atoms with E-state index in [2.05, 4.69) is 21.2 Å². The molecular formula is C19H24N4O3S. The highest BCUT2D eigenvalue weighted by Gasteiger charge is 2.22. The molecule has 1 aromatic carbocycles. The third kappa shape index (κ3) is 4.78. The van der Waals surface area contributed by atoms with Gasteiger partial charge in [0.2, 0.25) is 5.91 Å². The molecule has 0 saturated carbocycles. The number of thiophene rings is 1. The number of amides is 2. The minimum absolute atomic E-state index is 0.136. The topological polar surface area (TPSA) is 87.9 Å². The fourth-order valence-corrected chi connectivity index (χ4v) is 3.92. The Morgan fingerprint density at radius 2 is 1.93 bits per heavy atom. The quantitative estimate of drug-likeness (QED) is 0.758. The zero-order valence-electron chi connectivity index (χ0n) is 15.3. The van der Waals surface area contributed by atoms with Crippen LogP contribution in [-0.2, 0) is 4.79 Å². The van der Waals surface area contributed by atoms with Crippen molar-refractivity contribution < 1.29 is 14.3 Å². The van der Waals surface area contributed by atoms with Crippen LogP contribution in [0.4, 0.5) is 10.7 Å². The van der Waals surface area contributed by atoms with Gasteiger partial charge in [0.25, 0.3) is 5.91 Å². The van der Waals surface area contributed by atoms with E-state index in [0.717, 1.165) is 37.6 Å². The van der Waals surface area contributed by atoms with Crippen molar-refractivity contribution in [3.05, 3.63) is 41.3 Å². The summed E-state index contributed by atoms with van der Waals surface area (Å²) in [6.45, 7) is 6.10. The van der Waals surface area contributed by atoms with E-state index in [9.17, 15) is 9.59 Å². The third-order valence-corrected chi connectivity index (χ3v) is 5.26. The van der Waals surface area contributed by atoms with Crippen molar-refractivity contribution >= 4 is 33.8 Å². The number of primary amides is 1. The molecule has 144 valence electrons. The van der Waals surface area contributed by atoms with Crippen LogP contribution in [0.2, 0.25) is 0 Å². The van der Waals surface area contributed by atoms with Gasteiger partial charge in [-0.2, -0.15) is 0 Å². The Morgan fingerprint density at radius 3 is 2.63 bits per heavy atom. The van der Waals surface area contributed by atoms with Gasteiger partial charge in [0.05, 0.1) is 24.4 Å². The first-order valence-corrected chi connectivity index (χ1v) is 9.82. The second-order valence-electron chi connectivity index (χ2n) is 6.24. The summed E-state index contributed by atoms with van der Waals surface area (Å²) in [4.78, 5) is 28.0. The summed E-state index contributed by atoms with van der Waals surface area (Å²) in [5.74, 6) is 0.221. The summed E-state index contributed by atoms with van der Waals surface area (Å²) in [6.07, 6.45) is 0. The highest BCUT2D eigenvalue weighted by molar-refractivity contribution is 7.14. The van der Waals surface area contributed by atoms with Gasteiger partial charge in [0.15, 0.2) is 0 Å². The molecule has 2 aromatic rings. The number of rotatable bonds is 7. The SMILES string of the molecule is CCOc1ccccc1N1CCN(CC(=O)Nc2sccc2C(N)=O)CC1. The predicted octanol–water partition coefficient (Wildman–Crippen LogP) is 2.01. The molecule has 3 rings (SSSR count). The molecule has 1 fully saturated rings. The first-order valence-electron chi connectivity index (χ1n) is 8.94. The van der Waals surface area contributed by atoms with Crippen LogP contribution in [0.1, 0.15) is 17.3 Å². The molecule has 0 unspecified atom stereocenters. The number of nitrogens with one attached hydrogen (secondary N) is 1. The number of anilines is 2. The van der Waals surface area contributed by atoms with Crippen molar-refractivity contribution in [2.75, 3.05) is 49.5 Å². The molecule has 0 bridgehead atoms. The van der Waals surface area contributed by atoms with Crippen molar-refractivity contribution in [3.63, 3.8) is 0 Å². The number of hydrogen-bond donors (Lipinski definition) is 2. The fraction of sp³-hybridized carbons (Fsp3) is 0.368. The van der Waals surface area contributed by atoms with Gasteiger partial charge in [-0.3, -0.25) is 14.5 Å². The van der Waals surface area contributed by atoms with Crippen molar-refractivity contribution in [3.8, 4) is 5.75 Å². The highest BCUT2D eigenvalue weighted by atomic mass is 32.1. The van der Waals surface area contributed by atoms with E-state index in [1.54, 1.807) is 11.4 Å². The van der Waals surface area contributed by atoms with Gasteiger partial charge in [-0.1, -0.05) is 12.1 Å². The van der Waals surface area contributed by atoms with Crippen LogP contribution in [0.15, 0.2) is 35.7 Å². The summed E-state index contributed by atoms with van der Waals surface area (Å²) in [5, 5.41) is 5.04. The van der Waals surface area contributed by atoms with E-state index in [1.165, 1.54) is 11.3 Å². The number of nitrogens with two attached hydrogens (primary N) is 1. The molecule has 27 heavy (non-hydrogen) atoms. The van der Waals surface area contributed by atoms with E-state index in [1.807, 2.05) is 25.1 Å². The minimum atomic E-state index is -0.534. The maximum absolute atomic E-state index is 12.3. The zero-order valence-corrected chi connectivity index (χ0v) is 16.1. The molecule has 0 radical (unpaired) electrons. The number of hydrogen-bond acceptors (Lipinski definition) is 6. The largest absolute Gasteiger partial charge is 0.492 e. The van der Waals surface area contributed by atoms with Gasteiger partial charge in [-0.25, -0.2) is 0 Å². The van der Waals surface area contributed by atoms with Crippen LogP contribution in [0.25, 0.3) is 0 Å². The van der Waals surface area contributed by atoms with Crippen LogP contribution in [0.5, 0.6) is 5.75 Å². The molecule has 1 aliphatic heterocycles. The van der Waals surface area contributed by atoms with Crippen LogP contribution in [0, 0.1) is 0 Å². The number of piperazine rings is 1. The maximum Gasteiger partial charge on any atom is 0.251 e. The highest BCUT2D eigenvalue weighted by Crippen LogP contribution is 2.29. The number of benzene rings is 1. The number of carbonyl (C=O) groups is 2. The second kappa shape index (κ2) is 8.88. The summed E-state index contributed by atoms with van der Waals surface area (Å²) >= 11 is 1.30. The molecule has 0 atom stereocenters. The molecular weight excluding hydrogens is 364 g/mol. The Hall–Kier alpha value is -2.58. The second-order valence-corrected chi connectivity index (χ2v) is 7.16. The molecule has 1 aromatic heterocycles. The summed E-state index contributed by atoms with van der Waals surface area (Å²) in [7, 11) is 0. The molecule has 8 heteroatoms. The van der Waals surface area contributed by atoms with E-state index in [4.69, 9.17) is 10.5 Å². The van der Waals surface area contributed by atoms with Gasteiger partial charge >= 0.3 is 0 Å². The standard InChI is InChI=1S/C19H24N4O3S/c1-2-26-16-6-4-3-5-15(16)23-10-8-22(9-11-23)13-17(24)21-19-14(18(20)25)7-12-27-19/h3-7,12H,2,8-11,13H2,1H3,(H2,20,25)(H,21,24). The molecule has 0 aliphatic carbocycles. The van der Waals surface area contributed by atoms with Gasteiger partial charge in [-0.05, 0) is 30.5 Å². The van der Waals surface area contributed by atoms with Gasteiger partial charge < -0.3 is 20.7 Å². The number of carbonyl (C=O) groups excluding carboxylic acids is 2. The van der Waals surface area contributed by atoms with Crippen molar-refractivity contribution in [1.82, 2.24) is 4.90 Å². The average molecular weight is 388 g/mol. The van der Waals surface area contributed by atoms with Gasteiger partial charge in [0.1, 0.15) is 10.8 Å². The predicted molar refractivity (Wildman–Crippen MR) is 108 cm³/mol. The lowest BCUT2D eigenvalue weighted by molar-refractivity contribution is -0.117. The smallest absolute Gasteiger partial charge is 0.251 e. The Labute approximate surface area is 162 Å². The number of nitrogens with zero attached hydrogens (tertiary/aromatic N) is 2. The number of para-hydroxylation sites is 2. The Kier molecular flexibility index (Phi) is 6.31. The summed E-state index contributed by atoms with van der Waals surface area (Å²) in [6, 6.07) is 9.65. The van der Waals surface area contributed by atoms with Gasteiger partial charge in [0, 0.05) is 26.2 Å².